The molecule has 3 aromatic rings. The number of carbonyl (C=O) groups excluding carboxylic acids is 2. The van der Waals surface area contributed by atoms with Gasteiger partial charge in [0.25, 0.3) is 5.91 Å². The molecule has 1 N–H and O–H groups in total. The monoisotopic (exact) mass is 579 g/mol. The molecule has 2 heterocycles. The number of alkyl halides is 3. The number of hydrogen-bond acceptors (Lipinski definition) is 8. The Morgan fingerprint density at radius 1 is 1.10 bits per heavy atom. The first kappa shape index (κ1) is 28.2. The summed E-state index contributed by atoms with van der Waals surface area (Å²) in [5.41, 5.74) is 2.36. The Kier molecular flexibility index (Phi) is 8.60. The van der Waals surface area contributed by atoms with Crippen LogP contribution in [0.1, 0.15) is 35.0 Å². The van der Waals surface area contributed by atoms with Crippen molar-refractivity contribution in [2.24, 2.45) is 5.10 Å². The SMILES string of the molecule is CCC1SC(=O)N(Cc2ccc(NC(=O)c3ccc(Cl)nn3)cc2)N=C1c1ccc(OC(F)(F)F)c(OC)c1. The number of nitrogens with zero attached hydrogens (tertiary/aromatic N) is 4. The number of halogens is 4. The highest BCUT2D eigenvalue weighted by Gasteiger charge is 2.34. The summed E-state index contributed by atoms with van der Waals surface area (Å²) in [4.78, 5) is 25.1. The predicted octanol–water partition coefficient (Wildman–Crippen LogP) is 6.14. The van der Waals surface area contributed by atoms with Gasteiger partial charge >= 0.3 is 11.6 Å². The maximum atomic E-state index is 12.8. The number of amides is 2. The summed E-state index contributed by atoms with van der Waals surface area (Å²) >= 11 is 6.77. The minimum Gasteiger partial charge on any atom is -0.493 e. The maximum Gasteiger partial charge on any atom is 0.573 e. The normalized spacial score (nSPS) is 15.5. The van der Waals surface area contributed by atoms with Crippen molar-refractivity contribution < 1.29 is 32.2 Å². The quantitative estimate of drug-likeness (QED) is 0.341. The van der Waals surface area contributed by atoms with Gasteiger partial charge in [-0.05, 0) is 54.4 Å². The largest absolute Gasteiger partial charge is 0.573 e. The summed E-state index contributed by atoms with van der Waals surface area (Å²) in [5, 5.41) is 15.5. The molecule has 9 nitrogen and oxygen atoms in total. The van der Waals surface area contributed by atoms with Crippen LogP contribution in [0.3, 0.4) is 0 Å². The van der Waals surface area contributed by atoms with Crippen LogP contribution in [0.5, 0.6) is 11.5 Å². The lowest BCUT2D eigenvalue weighted by atomic mass is 10.0. The zero-order valence-electron chi connectivity index (χ0n) is 20.5. The van der Waals surface area contributed by atoms with Gasteiger partial charge in [-0.1, -0.05) is 42.4 Å². The molecule has 0 bridgehead atoms. The summed E-state index contributed by atoms with van der Waals surface area (Å²) in [7, 11) is 1.24. The number of methoxy groups -OCH3 is 1. The van der Waals surface area contributed by atoms with Crippen molar-refractivity contribution in [1.82, 2.24) is 15.2 Å². The molecule has 1 atom stereocenters. The first-order valence-electron chi connectivity index (χ1n) is 11.5. The van der Waals surface area contributed by atoms with E-state index < -0.39 is 18.0 Å². The molecule has 1 aliphatic heterocycles. The fourth-order valence-corrected chi connectivity index (χ4v) is 4.66. The molecule has 39 heavy (non-hydrogen) atoms. The number of carbonyl (C=O) groups is 2. The van der Waals surface area contributed by atoms with Crippen LogP contribution < -0.4 is 14.8 Å². The van der Waals surface area contributed by atoms with Crippen LogP contribution in [0, 0.1) is 0 Å². The van der Waals surface area contributed by atoms with E-state index in [1.807, 2.05) is 6.92 Å². The summed E-state index contributed by atoms with van der Waals surface area (Å²) in [5.74, 6) is -1.05. The molecule has 2 aromatic carbocycles. The van der Waals surface area contributed by atoms with E-state index in [-0.39, 0.29) is 33.6 Å². The Balaban J connectivity index is 1.52. The number of ether oxygens (including phenoxy) is 2. The first-order chi connectivity index (χ1) is 18.6. The third-order valence-corrected chi connectivity index (χ3v) is 6.91. The van der Waals surface area contributed by atoms with Gasteiger partial charge in [-0.15, -0.1) is 23.4 Å². The minimum absolute atomic E-state index is 0.0985. The fourth-order valence-electron chi connectivity index (χ4n) is 3.63. The number of thioether (sulfide) groups is 1. The van der Waals surface area contributed by atoms with Gasteiger partial charge in [0.2, 0.25) is 0 Å². The van der Waals surface area contributed by atoms with E-state index in [9.17, 15) is 22.8 Å². The summed E-state index contributed by atoms with van der Waals surface area (Å²) in [6, 6.07) is 13.7. The molecule has 1 aromatic heterocycles. The molecule has 0 aliphatic carbocycles. The average molecular weight is 580 g/mol. The highest BCUT2D eigenvalue weighted by Crippen LogP contribution is 2.36. The number of nitrogens with one attached hydrogen (secondary N) is 1. The second-order valence-corrected chi connectivity index (χ2v) is 9.67. The van der Waals surface area contributed by atoms with E-state index in [2.05, 4.69) is 25.4 Å². The van der Waals surface area contributed by atoms with Crippen LogP contribution >= 0.6 is 23.4 Å². The lowest BCUT2D eigenvalue weighted by molar-refractivity contribution is -0.275. The van der Waals surface area contributed by atoms with Gasteiger partial charge < -0.3 is 14.8 Å². The van der Waals surface area contributed by atoms with Crippen molar-refractivity contribution in [1.29, 1.82) is 0 Å². The highest BCUT2D eigenvalue weighted by atomic mass is 35.5. The molecule has 14 heteroatoms. The van der Waals surface area contributed by atoms with Gasteiger partial charge in [0.1, 0.15) is 0 Å². The first-order valence-corrected chi connectivity index (χ1v) is 12.7. The van der Waals surface area contributed by atoms with E-state index in [1.165, 1.54) is 36.4 Å². The summed E-state index contributed by atoms with van der Waals surface area (Å²) in [6.45, 7) is 2.02. The van der Waals surface area contributed by atoms with Crippen LogP contribution in [-0.2, 0) is 6.54 Å². The summed E-state index contributed by atoms with van der Waals surface area (Å²) in [6.07, 6.45) is -4.30. The Morgan fingerprint density at radius 2 is 1.85 bits per heavy atom. The third-order valence-electron chi connectivity index (χ3n) is 5.45. The van der Waals surface area contributed by atoms with Gasteiger partial charge in [0.15, 0.2) is 22.3 Å². The van der Waals surface area contributed by atoms with E-state index in [0.717, 1.165) is 23.4 Å². The second kappa shape index (κ2) is 11.9. The van der Waals surface area contributed by atoms with E-state index in [4.69, 9.17) is 16.3 Å². The standard InChI is InChI=1S/C25H21ClF3N5O4S/c1-3-20-22(15-6-10-18(19(12-15)37-2)38-25(27,28)29)33-34(24(36)39-20)13-14-4-7-16(8-5-14)30-23(35)17-9-11-21(26)32-31-17/h4-12,20H,3,13H2,1-2H3,(H,30,35). The Morgan fingerprint density at radius 3 is 2.46 bits per heavy atom. The molecule has 2 amide bonds. The van der Waals surface area contributed by atoms with Crippen molar-refractivity contribution >= 4 is 45.9 Å². The average Bonchev–Trinajstić information content (AvgIpc) is 2.90. The number of benzene rings is 2. The lowest BCUT2D eigenvalue weighted by Gasteiger charge is -2.28. The number of hydrazone groups is 1. The van der Waals surface area contributed by atoms with E-state index in [0.29, 0.717) is 23.4 Å². The molecule has 204 valence electrons. The molecule has 0 radical (unpaired) electrons. The maximum absolute atomic E-state index is 12.8. The minimum atomic E-state index is -4.87. The van der Waals surface area contributed by atoms with Crippen LogP contribution in [-0.4, -0.2) is 50.8 Å². The van der Waals surface area contributed by atoms with Crippen molar-refractivity contribution in [3.05, 3.63) is 76.6 Å². The molecular formula is C25H21ClF3N5O4S. The van der Waals surface area contributed by atoms with Crippen molar-refractivity contribution in [2.75, 3.05) is 12.4 Å². The van der Waals surface area contributed by atoms with Crippen LogP contribution in [0.4, 0.5) is 23.7 Å². The molecule has 0 saturated heterocycles. The zero-order valence-corrected chi connectivity index (χ0v) is 22.1. The summed E-state index contributed by atoms with van der Waals surface area (Å²) < 4.78 is 47.3. The number of rotatable bonds is 8. The van der Waals surface area contributed by atoms with Gasteiger partial charge in [-0.2, -0.15) is 5.10 Å². The molecule has 0 spiro atoms. The number of anilines is 1. The van der Waals surface area contributed by atoms with Gasteiger partial charge in [0.05, 0.1) is 24.6 Å². The van der Waals surface area contributed by atoms with Crippen molar-refractivity contribution in [2.45, 2.75) is 31.5 Å². The predicted molar refractivity (Wildman–Crippen MR) is 140 cm³/mol. The van der Waals surface area contributed by atoms with Gasteiger partial charge in [-0.3, -0.25) is 9.59 Å². The van der Waals surface area contributed by atoms with E-state index in [1.54, 1.807) is 24.3 Å². The van der Waals surface area contributed by atoms with Crippen molar-refractivity contribution in [3.63, 3.8) is 0 Å². The van der Waals surface area contributed by atoms with Crippen molar-refractivity contribution in [3.8, 4) is 11.5 Å². The molecular weight excluding hydrogens is 559 g/mol. The zero-order chi connectivity index (χ0) is 28.2. The smallest absolute Gasteiger partial charge is 0.493 e. The second-order valence-electron chi connectivity index (χ2n) is 8.13. The molecule has 4 rings (SSSR count). The fraction of sp³-hybridized carbons (Fsp3) is 0.240. The van der Waals surface area contributed by atoms with Crippen LogP contribution in [0.2, 0.25) is 5.15 Å². The third kappa shape index (κ3) is 7.18. The van der Waals surface area contributed by atoms with E-state index >= 15 is 0 Å². The Labute approximate surface area is 230 Å². The lowest BCUT2D eigenvalue weighted by Crippen LogP contribution is -2.34. The number of hydrogen-bond donors (Lipinski definition) is 1. The molecule has 1 unspecified atom stereocenters. The van der Waals surface area contributed by atoms with Gasteiger partial charge in [0, 0.05) is 11.3 Å². The Hall–Kier alpha value is -3.84. The molecule has 1 aliphatic rings. The highest BCUT2D eigenvalue weighted by molar-refractivity contribution is 8.14. The van der Waals surface area contributed by atoms with Crippen LogP contribution in [0.15, 0.2) is 59.7 Å². The topological polar surface area (TPSA) is 106 Å². The number of aromatic nitrogens is 2. The molecule has 0 saturated carbocycles. The molecule has 0 fully saturated rings. The van der Waals surface area contributed by atoms with Gasteiger partial charge in [-0.25, -0.2) is 5.01 Å². The Bertz CT molecular complexity index is 1390. The van der Waals surface area contributed by atoms with Crippen LogP contribution in [0.25, 0.3) is 0 Å².